The number of aliphatic hydroxyl groups is 1. The summed E-state index contributed by atoms with van der Waals surface area (Å²) in [5.41, 5.74) is 1.01. The Balaban J connectivity index is 1.92. The zero-order valence-corrected chi connectivity index (χ0v) is 12.4. The number of hydrogen-bond acceptors (Lipinski definition) is 4. The van der Waals surface area contributed by atoms with Crippen molar-refractivity contribution in [2.24, 2.45) is 0 Å². The molecule has 0 atom stereocenters. The van der Waals surface area contributed by atoms with E-state index in [0.29, 0.717) is 0 Å². The molecule has 1 saturated carbocycles. The standard InChI is InChI=1S/C12H12BrNOS2/c13-8-4-10(16-5-8)9-6-17-11(14-9)12(7-15)2-1-3-12/h4-6,15H,1-3,7H2. The van der Waals surface area contributed by atoms with Crippen LogP contribution in [0.15, 0.2) is 21.3 Å². The van der Waals surface area contributed by atoms with Crippen molar-refractivity contribution >= 4 is 38.6 Å². The van der Waals surface area contributed by atoms with Crippen LogP contribution >= 0.6 is 38.6 Å². The molecule has 2 aromatic heterocycles. The second kappa shape index (κ2) is 4.46. The molecule has 90 valence electrons. The second-order valence-electron chi connectivity index (χ2n) is 4.46. The first-order valence-corrected chi connectivity index (χ1v) is 8.10. The molecule has 0 radical (unpaired) electrons. The molecule has 2 nitrogen and oxygen atoms in total. The zero-order chi connectivity index (χ0) is 11.9. The van der Waals surface area contributed by atoms with Crippen LogP contribution in [-0.4, -0.2) is 16.7 Å². The Morgan fingerprint density at radius 3 is 2.71 bits per heavy atom. The molecular weight excluding hydrogens is 318 g/mol. The highest BCUT2D eigenvalue weighted by Gasteiger charge is 2.40. The van der Waals surface area contributed by atoms with Gasteiger partial charge in [-0.1, -0.05) is 6.42 Å². The molecule has 1 N–H and O–H groups in total. The van der Waals surface area contributed by atoms with Crippen LogP contribution in [0.25, 0.3) is 10.6 Å². The first-order valence-electron chi connectivity index (χ1n) is 5.55. The summed E-state index contributed by atoms with van der Waals surface area (Å²) >= 11 is 6.84. The Bertz CT molecular complexity index is 525. The van der Waals surface area contributed by atoms with E-state index in [1.807, 2.05) is 0 Å². The van der Waals surface area contributed by atoms with Gasteiger partial charge in [0.2, 0.25) is 0 Å². The molecule has 2 heterocycles. The average Bonchev–Trinajstić information content (AvgIpc) is 2.86. The van der Waals surface area contributed by atoms with Crippen molar-refractivity contribution in [1.82, 2.24) is 4.98 Å². The number of halogens is 1. The van der Waals surface area contributed by atoms with Gasteiger partial charge in [-0.05, 0) is 34.8 Å². The van der Waals surface area contributed by atoms with Gasteiger partial charge in [-0.2, -0.15) is 0 Å². The number of aromatic nitrogens is 1. The lowest BCUT2D eigenvalue weighted by atomic mass is 9.70. The molecule has 17 heavy (non-hydrogen) atoms. The minimum absolute atomic E-state index is 0.0303. The summed E-state index contributed by atoms with van der Waals surface area (Å²) in [6, 6.07) is 2.09. The van der Waals surface area contributed by atoms with Gasteiger partial charge in [0, 0.05) is 20.6 Å². The summed E-state index contributed by atoms with van der Waals surface area (Å²) in [7, 11) is 0. The van der Waals surface area contributed by atoms with Crippen molar-refractivity contribution < 1.29 is 5.11 Å². The van der Waals surface area contributed by atoms with Gasteiger partial charge in [-0.3, -0.25) is 0 Å². The first-order chi connectivity index (χ1) is 8.23. The number of hydrogen-bond donors (Lipinski definition) is 1. The van der Waals surface area contributed by atoms with Gasteiger partial charge >= 0.3 is 0 Å². The van der Waals surface area contributed by atoms with E-state index in [0.717, 1.165) is 28.0 Å². The van der Waals surface area contributed by atoms with E-state index in [2.05, 4.69) is 32.8 Å². The predicted octanol–water partition coefficient (Wildman–Crippen LogP) is 4.05. The van der Waals surface area contributed by atoms with Crippen molar-refractivity contribution in [3.63, 3.8) is 0 Å². The van der Waals surface area contributed by atoms with E-state index in [9.17, 15) is 5.11 Å². The average molecular weight is 330 g/mol. The van der Waals surface area contributed by atoms with Crippen molar-refractivity contribution in [2.45, 2.75) is 24.7 Å². The van der Waals surface area contributed by atoms with Crippen LogP contribution in [0.1, 0.15) is 24.3 Å². The van der Waals surface area contributed by atoms with E-state index >= 15 is 0 Å². The van der Waals surface area contributed by atoms with Gasteiger partial charge in [-0.25, -0.2) is 4.98 Å². The van der Waals surface area contributed by atoms with Crippen LogP contribution in [0.4, 0.5) is 0 Å². The maximum atomic E-state index is 9.54. The second-order valence-corrected chi connectivity index (χ2v) is 7.14. The van der Waals surface area contributed by atoms with E-state index in [1.165, 1.54) is 11.3 Å². The predicted molar refractivity (Wildman–Crippen MR) is 75.7 cm³/mol. The molecule has 3 rings (SSSR count). The monoisotopic (exact) mass is 329 g/mol. The van der Waals surface area contributed by atoms with Crippen LogP contribution in [0, 0.1) is 0 Å². The summed E-state index contributed by atoms with van der Waals surface area (Å²) in [6.45, 7) is 0.230. The fourth-order valence-corrected chi connectivity index (χ4v) is 4.66. The van der Waals surface area contributed by atoms with Gasteiger partial charge in [-0.15, -0.1) is 22.7 Å². The van der Waals surface area contributed by atoms with Crippen LogP contribution in [-0.2, 0) is 5.41 Å². The third-order valence-corrected chi connectivity index (χ3v) is 6.19. The highest BCUT2D eigenvalue weighted by atomic mass is 79.9. The van der Waals surface area contributed by atoms with Crippen molar-refractivity contribution in [3.8, 4) is 10.6 Å². The summed E-state index contributed by atoms with van der Waals surface area (Å²) in [4.78, 5) is 5.89. The highest BCUT2D eigenvalue weighted by Crippen LogP contribution is 2.45. The Labute approximate surface area is 116 Å². The highest BCUT2D eigenvalue weighted by molar-refractivity contribution is 9.10. The maximum absolute atomic E-state index is 9.54. The molecule has 0 spiro atoms. The molecule has 0 amide bonds. The molecule has 5 heteroatoms. The smallest absolute Gasteiger partial charge is 0.102 e. The lowest BCUT2D eigenvalue weighted by molar-refractivity contribution is 0.120. The summed E-state index contributed by atoms with van der Waals surface area (Å²) < 4.78 is 1.10. The van der Waals surface area contributed by atoms with Crippen molar-refractivity contribution in [1.29, 1.82) is 0 Å². The topological polar surface area (TPSA) is 33.1 Å². The fraction of sp³-hybridized carbons (Fsp3) is 0.417. The van der Waals surface area contributed by atoms with Crippen molar-refractivity contribution in [2.75, 3.05) is 6.61 Å². The van der Waals surface area contributed by atoms with E-state index in [4.69, 9.17) is 4.98 Å². The maximum Gasteiger partial charge on any atom is 0.102 e. The third-order valence-electron chi connectivity index (χ3n) is 3.39. The molecular formula is C12H12BrNOS2. The number of aliphatic hydroxyl groups excluding tert-OH is 1. The van der Waals surface area contributed by atoms with Crippen LogP contribution in [0.3, 0.4) is 0 Å². The molecule has 1 aliphatic rings. The molecule has 0 saturated heterocycles. The van der Waals surface area contributed by atoms with Crippen LogP contribution in [0.5, 0.6) is 0 Å². The molecule has 1 fully saturated rings. The first kappa shape index (κ1) is 11.8. The number of nitrogens with zero attached hydrogens (tertiary/aromatic N) is 1. The van der Waals surface area contributed by atoms with Gasteiger partial charge in [0.1, 0.15) is 5.01 Å². The van der Waals surface area contributed by atoms with Gasteiger partial charge in [0.25, 0.3) is 0 Å². The van der Waals surface area contributed by atoms with Crippen LogP contribution < -0.4 is 0 Å². The largest absolute Gasteiger partial charge is 0.395 e. The molecule has 0 aliphatic heterocycles. The quantitative estimate of drug-likeness (QED) is 0.921. The Morgan fingerprint density at radius 2 is 2.18 bits per heavy atom. The van der Waals surface area contributed by atoms with Gasteiger partial charge in [0.05, 0.1) is 17.2 Å². The lowest BCUT2D eigenvalue weighted by Crippen LogP contribution is -2.37. The number of thiazole rings is 1. The summed E-state index contributed by atoms with van der Waals surface area (Å²) in [5, 5.41) is 14.8. The van der Waals surface area contributed by atoms with Crippen LogP contribution in [0.2, 0.25) is 0 Å². The minimum atomic E-state index is -0.0303. The fourth-order valence-electron chi connectivity index (χ4n) is 2.12. The lowest BCUT2D eigenvalue weighted by Gasteiger charge is -2.38. The Kier molecular flexibility index (Phi) is 3.11. The minimum Gasteiger partial charge on any atom is -0.395 e. The zero-order valence-electron chi connectivity index (χ0n) is 9.15. The number of thiophene rings is 1. The molecule has 0 unspecified atom stereocenters. The van der Waals surface area contributed by atoms with Gasteiger partial charge < -0.3 is 5.11 Å². The SMILES string of the molecule is OCC1(c2nc(-c3cc(Br)cs3)cs2)CCC1. The molecule has 1 aliphatic carbocycles. The van der Waals surface area contributed by atoms with Crippen molar-refractivity contribution in [3.05, 3.63) is 26.3 Å². The van der Waals surface area contributed by atoms with Gasteiger partial charge in [0.15, 0.2) is 0 Å². The number of rotatable bonds is 3. The summed E-state index contributed by atoms with van der Waals surface area (Å²) in [5.74, 6) is 0. The Hall–Kier alpha value is -0.230. The molecule has 0 bridgehead atoms. The third kappa shape index (κ3) is 1.99. The van der Waals surface area contributed by atoms with E-state index in [1.54, 1.807) is 22.7 Å². The van der Waals surface area contributed by atoms with E-state index in [-0.39, 0.29) is 12.0 Å². The normalized spacial score (nSPS) is 18.0. The summed E-state index contributed by atoms with van der Waals surface area (Å²) in [6.07, 6.45) is 3.36. The molecule has 2 aromatic rings. The van der Waals surface area contributed by atoms with E-state index < -0.39 is 0 Å². The Morgan fingerprint density at radius 1 is 1.35 bits per heavy atom. The molecule has 0 aromatic carbocycles.